The van der Waals surface area contributed by atoms with Crippen LogP contribution in [0.3, 0.4) is 0 Å². The van der Waals surface area contributed by atoms with Gasteiger partial charge in [-0.2, -0.15) is 0 Å². The van der Waals surface area contributed by atoms with Crippen LogP contribution in [0.5, 0.6) is 0 Å². The Morgan fingerprint density at radius 3 is 1.64 bits per heavy atom. The molecule has 0 amide bonds. The summed E-state index contributed by atoms with van der Waals surface area (Å²) in [5, 5.41) is 0. The van der Waals surface area contributed by atoms with Gasteiger partial charge in [-0.25, -0.2) is 0 Å². The highest BCUT2D eigenvalue weighted by molar-refractivity contribution is 5.20. The molecule has 0 fully saturated rings. The first-order valence-corrected chi connectivity index (χ1v) is 8.79. The van der Waals surface area contributed by atoms with Gasteiger partial charge in [0.2, 0.25) is 0 Å². The third-order valence-electron chi connectivity index (χ3n) is 4.36. The molecule has 0 nitrogen and oxygen atoms in total. The zero-order valence-electron chi connectivity index (χ0n) is 14.8. The molecule has 0 aromatic heterocycles. The van der Waals surface area contributed by atoms with Gasteiger partial charge >= 0.3 is 0 Å². The molecule has 0 aliphatic carbocycles. The lowest BCUT2D eigenvalue weighted by Crippen LogP contribution is -2.11. The molecule has 0 aliphatic heterocycles. The summed E-state index contributed by atoms with van der Waals surface area (Å²) in [6.45, 7) is 9.02. The molecule has 2 aromatic carbocycles. The molecule has 0 saturated heterocycles. The summed E-state index contributed by atoms with van der Waals surface area (Å²) >= 11 is 0. The van der Waals surface area contributed by atoms with Gasteiger partial charge in [0, 0.05) is 0 Å². The maximum atomic E-state index is 2.33. The fourth-order valence-corrected chi connectivity index (χ4v) is 3.14. The van der Waals surface area contributed by atoms with Gasteiger partial charge in [-0.15, -0.1) is 0 Å². The topological polar surface area (TPSA) is 0 Å². The number of benzene rings is 2. The third-order valence-corrected chi connectivity index (χ3v) is 4.36. The summed E-state index contributed by atoms with van der Waals surface area (Å²) in [6, 6.07) is 21.3. The number of rotatable bonds is 6. The Morgan fingerprint density at radius 1 is 0.727 bits per heavy atom. The first kappa shape index (κ1) is 18.5. The minimum atomic E-state index is 0.760. The lowest BCUT2D eigenvalue weighted by molar-refractivity contribution is 0.371. The van der Waals surface area contributed by atoms with Crippen LogP contribution in [0, 0.1) is 12.8 Å². The van der Waals surface area contributed by atoms with Gasteiger partial charge in [0.05, 0.1) is 0 Å². The smallest absolute Gasteiger partial charge is 0.0136 e. The summed E-state index contributed by atoms with van der Waals surface area (Å²) in [4.78, 5) is 0. The van der Waals surface area contributed by atoms with Crippen LogP contribution in [0.1, 0.15) is 63.5 Å². The predicted octanol–water partition coefficient (Wildman–Crippen LogP) is 7.00. The molecule has 0 N–H and O–H groups in total. The molecule has 0 heteroatoms. The molecule has 120 valence electrons. The van der Waals surface area contributed by atoms with Gasteiger partial charge in [0.25, 0.3) is 0 Å². The van der Waals surface area contributed by atoms with Crippen LogP contribution in [-0.2, 0) is 0 Å². The normalized spacial score (nSPS) is 12.9. The Morgan fingerprint density at radius 2 is 1.27 bits per heavy atom. The Kier molecular flexibility index (Phi) is 9.30. The molecule has 2 unspecified atom stereocenters. The maximum absolute atomic E-state index is 2.33. The first-order valence-electron chi connectivity index (χ1n) is 8.79. The van der Waals surface area contributed by atoms with E-state index in [-0.39, 0.29) is 0 Å². The number of aryl methyl sites for hydroxylation is 1. The van der Waals surface area contributed by atoms with Gasteiger partial charge in [0.1, 0.15) is 0 Å². The van der Waals surface area contributed by atoms with Crippen LogP contribution in [0.15, 0.2) is 60.7 Å². The minimum absolute atomic E-state index is 0.760. The molecule has 0 spiro atoms. The second kappa shape index (κ2) is 11.1. The lowest BCUT2D eigenvalue weighted by atomic mass is 9.80. The highest BCUT2D eigenvalue weighted by Crippen LogP contribution is 2.33. The van der Waals surface area contributed by atoms with E-state index in [1.165, 1.54) is 36.8 Å². The molecule has 2 aromatic rings. The first-order chi connectivity index (χ1) is 10.7. The minimum Gasteiger partial charge on any atom is -0.0654 e. The van der Waals surface area contributed by atoms with Crippen LogP contribution in [0.4, 0.5) is 0 Å². The second-order valence-electron chi connectivity index (χ2n) is 6.04. The van der Waals surface area contributed by atoms with Crippen molar-refractivity contribution in [1.82, 2.24) is 0 Å². The van der Waals surface area contributed by atoms with Gasteiger partial charge in [-0.3, -0.25) is 0 Å². The third kappa shape index (κ3) is 6.47. The van der Waals surface area contributed by atoms with Crippen LogP contribution in [0.2, 0.25) is 0 Å². The van der Waals surface area contributed by atoms with Crippen molar-refractivity contribution < 1.29 is 0 Å². The molecule has 0 heterocycles. The predicted molar refractivity (Wildman–Crippen MR) is 99.3 cm³/mol. The average Bonchev–Trinajstić information content (AvgIpc) is 2.57. The van der Waals surface area contributed by atoms with Crippen molar-refractivity contribution in [3.63, 3.8) is 0 Å². The fourth-order valence-electron chi connectivity index (χ4n) is 3.14. The van der Waals surface area contributed by atoms with Crippen LogP contribution < -0.4 is 0 Å². The van der Waals surface area contributed by atoms with E-state index in [0.29, 0.717) is 0 Å². The molecule has 2 rings (SSSR count). The summed E-state index contributed by atoms with van der Waals surface area (Å²) in [7, 11) is 0. The molecule has 22 heavy (non-hydrogen) atoms. The van der Waals surface area contributed by atoms with Crippen molar-refractivity contribution in [1.29, 1.82) is 0 Å². The van der Waals surface area contributed by atoms with E-state index in [1.54, 1.807) is 0 Å². The molecule has 0 aliphatic rings. The van der Waals surface area contributed by atoms with Gasteiger partial charge in [0.15, 0.2) is 0 Å². The van der Waals surface area contributed by atoms with Gasteiger partial charge in [-0.05, 0) is 30.7 Å². The second-order valence-corrected chi connectivity index (χ2v) is 6.04. The molecular weight excluding hydrogens is 264 g/mol. The van der Waals surface area contributed by atoms with E-state index in [2.05, 4.69) is 70.2 Å². The van der Waals surface area contributed by atoms with E-state index in [4.69, 9.17) is 0 Å². The molecule has 2 atom stereocenters. The Balaban J connectivity index is 0.000000287. The van der Waals surface area contributed by atoms with Crippen LogP contribution >= 0.6 is 0 Å². The zero-order valence-corrected chi connectivity index (χ0v) is 14.8. The largest absolute Gasteiger partial charge is 0.0654 e. The lowest BCUT2D eigenvalue weighted by Gasteiger charge is -2.25. The molecular formula is C22H32. The monoisotopic (exact) mass is 296 g/mol. The SMILES string of the molecule is CCCC(CC)C(CC)c1ccccc1.Cc1ccccc1. The highest BCUT2D eigenvalue weighted by atomic mass is 14.2. The van der Waals surface area contributed by atoms with Crippen LogP contribution in [0.25, 0.3) is 0 Å². The zero-order chi connectivity index (χ0) is 16.2. The fraction of sp³-hybridized carbons (Fsp3) is 0.455. The quantitative estimate of drug-likeness (QED) is 0.538. The summed E-state index contributed by atoms with van der Waals surface area (Å²) in [6.07, 6.45) is 5.25. The van der Waals surface area contributed by atoms with E-state index in [9.17, 15) is 0 Å². The van der Waals surface area contributed by atoms with Gasteiger partial charge in [-0.1, -0.05) is 106 Å². The number of hydrogen-bond donors (Lipinski definition) is 0. The van der Waals surface area contributed by atoms with Crippen molar-refractivity contribution >= 4 is 0 Å². The number of hydrogen-bond acceptors (Lipinski definition) is 0. The van der Waals surface area contributed by atoms with Crippen molar-refractivity contribution in [2.45, 2.75) is 59.3 Å². The van der Waals surface area contributed by atoms with Crippen molar-refractivity contribution in [3.05, 3.63) is 71.8 Å². The summed E-state index contributed by atoms with van der Waals surface area (Å²) in [5.74, 6) is 1.62. The standard InChI is InChI=1S/C15H24.C7H8/c1-4-10-13(5-2)15(6-3)14-11-8-7-9-12-14;1-7-5-3-2-4-6-7/h7-9,11-13,15H,4-6,10H2,1-3H3;2-6H,1H3. The Hall–Kier alpha value is -1.56. The average molecular weight is 296 g/mol. The highest BCUT2D eigenvalue weighted by Gasteiger charge is 2.18. The van der Waals surface area contributed by atoms with Crippen LogP contribution in [-0.4, -0.2) is 0 Å². The van der Waals surface area contributed by atoms with Crippen molar-refractivity contribution in [3.8, 4) is 0 Å². The van der Waals surface area contributed by atoms with E-state index < -0.39 is 0 Å². The Bertz CT molecular complexity index is 472. The summed E-state index contributed by atoms with van der Waals surface area (Å²) < 4.78 is 0. The van der Waals surface area contributed by atoms with Crippen molar-refractivity contribution in [2.24, 2.45) is 5.92 Å². The Labute approximate surface area is 137 Å². The van der Waals surface area contributed by atoms with Crippen molar-refractivity contribution in [2.75, 3.05) is 0 Å². The van der Waals surface area contributed by atoms with E-state index >= 15 is 0 Å². The summed E-state index contributed by atoms with van der Waals surface area (Å²) in [5.41, 5.74) is 2.85. The molecule has 0 saturated carbocycles. The van der Waals surface area contributed by atoms with E-state index in [1.807, 2.05) is 18.2 Å². The van der Waals surface area contributed by atoms with Gasteiger partial charge < -0.3 is 0 Å². The van der Waals surface area contributed by atoms with E-state index in [0.717, 1.165) is 11.8 Å². The molecule has 0 bridgehead atoms. The molecule has 0 radical (unpaired) electrons. The maximum Gasteiger partial charge on any atom is -0.0136 e.